The Morgan fingerprint density at radius 1 is 1.21 bits per heavy atom. The molecular formula is C15H23N3O. The van der Waals surface area contributed by atoms with Crippen molar-refractivity contribution in [3.8, 4) is 0 Å². The van der Waals surface area contributed by atoms with E-state index in [4.69, 9.17) is 0 Å². The van der Waals surface area contributed by atoms with E-state index in [-0.39, 0.29) is 6.03 Å². The zero-order valence-corrected chi connectivity index (χ0v) is 12.1. The standard InChI is InChI=1S/C15H23N3O/c1-12-7-8-13(18-9-5-4-6-10-18)11-14(12)16-15(19)17(2)3/h7-8,11H,4-6,9-10H2,1-3H3,(H,16,19). The van der Waals surface area contributed by atoms with Gasteiger partial charge in [0.25, 0.3) is 0 Å². The summed E-state index contributed by atoms with van der Waals surface area (Å²) in [6.45, 7) is 4.25. The first-order valence-electron chi connectivity index (χ1n) is 6.92. The maximum absolute atomic E-state index is 11.8. The summed E-state index contributed by atoms with van der Waals surface area (Å²) in [4.78, 5) is 15.7. The number of hydrogen-bond donors (Lipinski definition) is 1. The molecule has 0 bridgehead atoms. The van der Waals surface area contributed by atoms with Crippen LogP contribution >= 0.6 is 0 Å². The van der Waals surface area contributed by atoms with Gasteiger partial charge in [0.1, 0.15) is 0 Å². The Morgan fingerprint density at radius 3 is 2.53 bits per heavy atom. The van der Waals surface area contributed by atoms with Crippen LogP contribution in [-0.2, 0) is 0 Å². The van der Waals surface area contributed by atoms with Crippen molar-refractivity contribution in [3.05, 3.63) is 23.8 Å². The molecule has 4 heteroatoms. The quantitative estimate of drug-likeness (QED) is 0.888. The Morgan fingerprint density at radius 2 is 1.89 bits per heavy atom. The lowest BCUT2D eigenvalue weighted by atomic mass is 10.1. The van der Waals surface area contributed by atoms with E-state index >= 15 is 0 Å². The Balaban J connectivity index is 2.16. The lowest BCUT2D eigenvalue weighted by molar-refractivity contribution is 0.230. The van der Waals surface area contributed by atoms with Gasteiger partial charge >= 0.3 is 6.03 Å². The Labute approximate surface area is 115 Å². The average molecular weight is 261 g/mol. The van der Waals surface area contributed by atoms with Crippen LogP contribution in [0.5, 0.6) is 0 Å². The van der Waals surface area contributed by atoms with Crippen molar-refractivity contribution >= 4 is 17.4 Å². The number of hydrogen-bond acceptors (Lipinski definition) is 2. The van der Waals surface area contributed by atoms with Gasteiger partial charge in [-0.25, -0.2) is 4.79 Å². The number of nitrogens with one attached hydrogen (secondary N) is 1. The minimum Gasteiger partial charge on any atom is -0.371 e. The number of aryl methyl sites for hydroxylation is 1. The van der Waals surface area contributed by atoms with Crippen LogP contribution in [0.1, 0.15) is 24.8 Å². The van der Waals surface area contributed by atoms with Gasteiger partial charge in [0.15, 0.2) is 0 Å². The van der Waals surface area contributed by atoms with Gasteiger partial charge in [-0.15, -0.1) is 0 Å². The van der Waals surface area contributed by atoms with Gasteiger partial charge in [-0.3, -0.25) is 0 Å². The molecule has 0 aromatic heterocycles. The van der Waals surface area contributed by atoms with E-state index in [1.807, 2.05) is 6.92 Å². The van der Waals surface area contributed by atoms with Crippen LogP contribution in [0.15, 0.2) is 18.2 Å². The van der Waals surface area contributed by atoms with Crippen LogP contribution in [0.25, 0.3) is 0 Å². The second-order valence-corrected chi connectivity index (χ2v) is 5.37. The number of anilines is 2. The monoisotopic (exact) mass is 261 g/mol. The molecule has 0 radical (unpaired) electrons. The van der Waals surface area contributed by atoms with Crippen LogP contribution in [-0.4, -0.2) is 38.1 Å². The van der Waals surface area contributed by atoms with Crippen LogP contribution < -0.4 is 10.2 Å². The van der Waals surface area contributed by atoms with Crippen molar-refractivity contribution in [3.63, 3.8) is 0 Å². The largest absolute Gasteiger partial charge is 0.371 e. The van der Waals surface area contributed by atoms with E-state index in [2.05, 4.69) is 28.4 Å². The zero-order valence-electron chi connectivity index (χ0n) is 12.1. The number of nitrogens with zero attached hydrogens (tertiary/aromatic N) is 2. The highest BCUT2D eigenvalue weighted by atomic mass is 16.2. The van der Waals surface area contributed by atoms with Gasteiger partial charge in [0.05, 0.1) is 0 Å². The van der Waals surface area contributed by atoms with Gasteiger partial charge in [-0.2, -0.15) is 0 Å². The topological polar surface area (TPSA) is 35.6 Å². The normalized spacial score (nSPS) is 15.2. The fourth-order valence-electron chi connectivity index (χ4n) is 2.32. The van der Waals surface area contributed by atoms with E-state index in [1.165, 1.54) is 24.9 Å². The molecule has 1 aromatic rings. The summed E-state index contributed by atoms with van der Waals surface area (Å²) in [7, 11) is 3.50. The maximum Gasteiger partial charge on any atom is 0.321 e. The highest BCUT2D eigenvalue weighted by Gasteiger charge is 2.13. The Hall–Kier alpha value is -1.71. The first kappa shape index (κ1) is 13.7. The van der Waals surface area contributed by atoms with Crippen molar-refractivity contribution in [1.29, 1.82) is 0 Å². The molecule has 1 aliphatic rings. The van der Waals surface area contributed by atoms with Crippen molar-refractivity contribution in [2.75, 3.05) is 37.4 Å². The molecule has 0 spiro atoms. The number of amides is 2. The third kappa shape index (κ3) is 3.40. The molecule has 1 heterocycles. The average Bonchev–Trinajstić information content (AvgIpc) is 2.42. The lowest BCUT2D eigenvalue weighted by Crippen LogP contribution is -2.30. The molecule has 1 fully saturated rings. The first-order chi connectivity index (χ1) is 9.08. The number of benzene rings is 1. The molecule has 2 rings (SSSR count). The molecule has 0 aliphatic carbocycles. The van der Waals surface area contributed by atoms with Crippen molar-refractivity contribution in [2.45, 2.75) is 26.2 Å². The molecule has 1 aliphatic heterocycles. The summed E-state index contributed by atoms with van der Waals surface area (Å²) in [5.74, 6) is 0. The lowest BCUT2D eigenvalue weighted by Gasteiger charge is -2.29. The van der Waals surface area contributed by atoms with Crippen LogP contribution in [0, 0.1) is 6.92 Å². The molecule has 19 heavy (non-hydrogen) atoms. The van der Waals surface area contributed by atoms with E-state index in [1.54, 1.807) is 19.0 Å². The highest BCUT2D eigenvalue weighted by Crippen LogP contribution is 2.25. The van der Waals surface area contributed by atoms with E-state index < -0.39 is 0 Å². The van der Waals surface area contributed by atoms with Gasteiger partial charge in [-0.1, -0.05) is 6.07 Å². The fraction of sp³-hybridized carbons (Fsp3) is 0.533. The van der Waals surface area contributed by atoms with Gasteiger partial charge < -0.3 is 15.1 Å². The van der Waals surface area contributed by atoms with Crippen molar-refractivity contribution < 1.29 is 4.79 Å². The summed E-state index contributed by atoms with van der Waals surface area (Å²) in [5, 5.41) is 2.95. The van der Waals surface area contributed by atoms with Crippen molar-refractivity contribution in [1.82, 2.24) is 4.90 Å². The van der Waals surface area contributed by atoms with Crippen LogP contribution in [0.2, 0.25) is 0 Å². The highest BCUT2D eigenvalue weighted by molar-refractivity contribution is 5.90. The third-order valence-corrected chi connectivity index (χ3v) is 3.59. The smallest absolute Gasteiger partial charge is 0.321 e. The third-order valence-electron chi connectivity index (χ3n) is 3.59. The first-order valence-corrected chi connectivity index (χ1v) is 6.92. The molecule has 2 amide bonds. The molecule has 104 valence electrons. The number of urea groups is 1. The van der Waals surface area contributed by atoms with Gasteiger partial charge in [0, 0.05) is 38.6 Å². The number of carbonyl (C=O) groups is 1. The van der Waals surface area contributed by atoms with E-state index in [0.29, 0.717) is 0 Å². The summed E-state index contributed by atoms with van der Waals surface area (Å²) in [6, 6.07) is 6.22. The molecule has 0 atom stereocenters. The van der Waals surface area contributed by atoms with Crippen LogP contribution in [0.3, 0.4) is 0 Å². The molecule has 4 nitrogen and oxygen atoms in total. The number of carbonyl (C=O) groups excluding carboxylic acids is 1. The van der Waals surface area contributed by atoms with E-state index in [9.17, 15) is 4.79 Å². The van der Waals surface area contributed by atoms with Gasteiger partial charge in [0.2, 0.25) is 0 Å². The predicted molar refractivity (Wildman–Crippen MR) is 79.9 cm³/mol. The van der Waals surface area contributed by atoms with Crippen LogP contribution in [0.4, 0.5) is 16.2 Å². The number of piperidine rings is 1. The number of rotatable bonds is 2. The second-order valence-electron chi connectivity index (χ2n) is 5.37. The summed E-state index contributed by atoms with van der Waals surface area (Å²) < 4.78 is 0. The van der Waals surface area contributed by atoms with E-state index in [0.717, 1.165) is 24.3 Å². The maximum atomic E-state index is 11.8. The minimum atomic E-state index is -0.0844. The van der Waals surface area contributed by atoms with Crippen molar-refractivity contribution in [2.24, 2.45) is 0 Å². The molecule has 1 saturated heterocycles. The SMILES string of the molecule is Cc1ccc(N2CCCCC2)cc1NC(=O)N(C)C. The summed E-state index contributed by atoms with van der Waals surface area (Å²) in [5.41, 5.74) is 3.21. The Kier molecular flexibility index (Phi) is 4.30. The van der Waals surface area contributed by atoms with Gasteiger partial charge in [-0.05, 0) is 43.9 Å². The molecular weight excluding hydrogens is 238 g/mol. The minimum absolute atomic E-state index is 0.0844. The second kappa shape index (κ2) is 5.95. The Bertz CT molecular complexity index is 451. The molecule has 0 unspecified atom stereocenters. The summed E-state index contributed by atoms with van der Waals surface area (Å²) in [6.07, 6.45) is 3.84. The zero-order chi connectivity index (χ0) is 13.8. The fourth-order valence-corrected chi connectivity index (χ4v) is 2.32. The summed E-state index contributed by atoms with van der Waals surface area (Å²) >= 11 is 0. The predicted octanol–water partition coefficient (Wildman–Crippen LogP) is 3.08. The molecule has 1 aromatic carbocycles. The molecule has 0 saturated carbocycles. The molecule has 1 N–H and O–H groups in total.